The molecule has 0 aromatic heterocycles. The average Bonchev–Trinajstić information content (AvgIpc) is 3.08. The Morgan fingerprint density at radius 1 is 1.18 bits per heavy atom. The van der Waals surface area contributed by atoms with Crippen molar-refractivity contribution in [2.24, 2.45) is 0 Å². The highest BCUT2D eigenvalue weighted by Gasteiger charge is 2.22. The number of thiocarbonyl (C=S) groups is 1. The van der Waals surface area contributed by atoms with Gasteiger partial charge in [-0.3, -0.25) is 4.79 Å². The van der Waals surface area contributed by atoms with Gasteiger partial charge >= 0.3 is 0 Å². The zero-order valence-electron chi connectivity index (χ0n) is 16.8. The molecule has 0 unspecified atom stereocenters. The molecule has 28 heavy (non-hydrogen) atoms. The van der Waals surface area contributed by atoms with Crippen LogP contribution in [0.3, 0.4) is 0 Å². The second-order valence-electron chi connectivity index (χ2n) is 7.29. The lowest BCUT2D eigenvalue weighted by Crippen LogP contribution is -2.35. The predicted octanol–water partition coefficient (Wildman–Crippen LogP) is 3.85. The van der Waals surface area contributed by atoms with E-state index in [1.165, 1.54) is 11.3 Å². The summed E-state index contributed by atoms with van der Waals surface area (Å²) >= 11 is 5.42. The molecule has 0 spiro atoms. The molecular weight excluding hydrogens is 368 g/mol. The summed E-state index contributed by atoms with van der Waals surface area (Å²) in [7, 11) is 2.07. The average molecular weight is 397 g/mol. The van der Waals surface area contributed by atoms with Crippen LogP contribution in [0.2, 0.25) is 0 Å². The molecule has 2 aromatic carbocycles. The van der Waals surface area contributed by atoms with Crippen molar-refractivity contribution in [2.45, 2.75) is 26.7 Å². The summed E-state index contributed by atoms with van der Waals surface area (Å²) in [5, 5.41) is 7.08. The number of benzene rings is 2. The Hall–Kier alpha value is -2.60. The molecule has 1 saturated heterocycles. The molecular formula is C22H28N4OS. The number of amides is 1. The van der Waals surface area contributed by atoms with E-state index in [-0.39, 0.29) is 5.91 Å². The first-order valence-corrected chi connectivity index (χ1v) is 10.1. The third-order valence-electron chi connectivity index (χ3n) is 5.03. The van der Waals surface area contributed by atoms with E-state index in [0.717, 1.165) is 43.0 Å². The van der Waals surface area contributed by atoms with Crippen LogP contribution < -0.4 is 20.4 Å². The summed E-state index contributed by atoms with van der Waals surface area (Å²) < 4.78 is 0. The fourth-order valence-electron chi connectivity index (χ4n) is 3.38. The highest BCUT2D eigenvalue weighted by Crippen LogP contribution is 2.27. The van der Waals surface area contributed by atoms with Crippen LogP contribution >= 0.6 is 12.2 Å². The van der Waals surface area contributed by atoms with E-state index >= 15 is 0 Å². The molecule has 3 rings (SSSR count). The number of aryl methyl sites for hydroxylation is 2. The van der Waals surface area contributed by atoms with Crippen molar-refractivity contribution in [1.82, 2.24) is 5.32 Å². The summed E-state index contributed by atoms with van der Waals surface area (Å²) in [5.74, 6) is 0.207. The van der Waals surface area contributed by atoms with Crippen LogP contribution in [0.1, 0.15) is 24.0 Å². The number of rotatable bonds is 6. The van der Waals surface area contributed by atoms with Gasteiger partial charge in [0, 0.05) is 50.2 Å². The maximum absolute atomic E-state index is 12.0. The van der Waals surface area contributed by atoms with Crippen molar-refractivity contribution in [2.75, 3.05) is 41.8 Å². The van der Waals surface area contributed by atoms with Gasteiger partial charge in [0.25, 0.3) is 0 Å². The fourth-order valence-corrected chi connectivity index (χ4v) is 3.60. The zero-order chi connectivity index (χ0) is 20.1. The summed E-state index contributed by atoms with van der Waals surface area (Å²) in [5.41, 5.74) is 5.44. The quantitative estimate of drug-likeness (QED) is 0.726. The summed E-state index contributed by atoms with van der Waals surface area (Å²) in [6.45, 7) is 6.52. The van der Waals surface area contributed by atoms with Crippen molar-refractivity contribution in [1.29, 1.82) is 0 Å². The molecule has 1 fully saturated rings. The molecule has 0 atom stereocenters. The minimum absolute atomic E-state index is 0.207. The Morgan fingerprint density at radius 2 is 1.93 bits per heavy atom. The molecule has 0 aliphatic carbocycles. The number of carbonyl (C=O) groups excluding carboxylic acids is 1. The number of nitrogens with zero attached hydrogens (tertiary/aromatic N) is 2. The van der Waals surface area contributed by atoms with Crippen LogP contribution in [0.5, 0.6) is 0 Å². The summed E-state index contributed by atoms with van der Waals surface area (Å²) in [4.78, 5) is 16.0. The van der Waals surface area contributed by atoms with Gasteiger partial charge in [-0.15, -0.1) is 0 Å². The van der Waals surface area contributed by atoms with Crippen LogP contribution in [0.25, 0.3) is 0 Å². The van der Waals surface area contributed by atoms with E-state index in [1.807, 2.05) is 30.0 Å². The normalized spacial score (nSPS) is 13.5. The van der Waals surface area contributed by atoms with E-state index in [9.17, 15) is 4.79 Å². The van der Waals surface area contributed by atoms with Crippen LogP contribution in [0, 0.1) is 13.8 Å². The number of nitrogens with one attached hydrogen (secondary N) is 2. The maximum Gasteiger partial charge on any atom is 0.227 e. The first-order chi connectivity index (χ1) is 13.4. The number of hydrogen-bond acceptors (Lipinski definition) is 3. The highest BCUT2D eigenvalue weighted by molar-refractivity contribution is 7.80. The summed E-state index contributed by atoms with van der Waals surface area (Å²) in [6, 6.07) is 14.5. The Labute approximate surface area is 172 Å². The molecule has 0 radical (unpaired) electrons. The molecule has 1 aliphatic rings. The van der Waals surface area contributed by atoms with E-state index in [0.29, 0.717) is 11.5 Å². The second kappa shape index (κ2) is 9.06. The number of likely N-dealkylation sites (N-methyl/N-ethyl adjacent to an activating group) is 1. The van der Waals surface area contributed by atoms with Crippen molar-refractivity contribution >= 4 is 40.3 Å². The molecule has 2 aromatic rings. The fraction of sp³-hybridized carbons (Fsp3) is 0.364. The van der Waals surface area contributed by atoms with Gasteiger partial charge in [-0.05, 0) is 68.4 Å². The Bertz CT molecular complexity index is 850. The van der Waals surface area contributed by atoms with Crippen LogP contribution in [-0.2, 0) is 4.79 Å². The molecule has 6 heteroatoms. The van der Waals surface area contributed by atoms with E-state index in [2.05, 4.69) is 53.8 Å². The van der Waals surface area contributed by atoms with Crippen molar-refractivity contribution < 1.29 is 4.79 Å². The van der Waals surface area contributed by atoms with Gasteiger partial charge in [0.05, 0.1) is 0 Å². The SMILES string of the molecule is Cc1ccc(N(C)CCNC(=S)Nc2ccc(N3CCCC3=O)c(C)c2)cc1. The Morgan fingerprint density at radius 3 is 2.57 bits per heavy atom. The van der Waals surface area contributed by atoms with Gasteiger partial charge in [0.1, 0.15) is 0 Å². The van der Waals surface area contributed by atoms with Crippen LogP contribution in [0.15, 0.2) is 42.5 Å². The second-order valence-corrected chi connectivity index (χ2v) is 7.70. The molecule has 1 heterocycles. The first kappa shape index (κ1) is 20.1. The molecule has 5 nitrogen and oxygen atoms in total. The topological polar surface area (TPSA) is 47.6 Å². The molecule has 0 saturated carbocycles. The predicted molar refractivity (Wildman–Crippen MR) is 121 cm³/mol. The molecule has 148 valence electrons. The van der Waals surface area contributed by atoms with E-state index in [1.54, 1.807) is 0 Å². The van der Waals surface area contributed by atoms with Crippen LogP contribution in [0.4, 0.5) is 17.1 Å². The lowest BCUT2D eigenvalue weighted by Gasteiger charge is -2.21. The van der Waals surface area contributed by atoms with E-state index < -0.39 is 0 Å². The minimum atomic E-state index is 0.207. The maximum atomic E-state index is 12.0. The van der Waals surface area contributed by atoms with Gasteiger partial charge in [-0.1, -0.05) is 17.7 Å². The largest absolute Gasteiger partial charge is 0.373 e. The highest BCUT2D eigenvalue weighted by atomic mass is 32.1. The smallest absolute Gasteiger partial charge is 0.227 e. The number of carbonyl (C=O) groups is 1. The van der Waals surface area contributed by atoms with Gasteiger partial charge in [-0.2, -0.15) is 0 Å². The monoisotopic (exact) mass is 396 g/mol. The van der Waals surface area contributed by atoms with Gasteiger partial charge in [0.2, 0.25) is 5.91 Å². The minimum Gasteiger partial charge on any atom is -0.373 e. The first-order valence-electron chi connectivity index (χ1n) is 9.68. The standard InChI is InChI=1S/C22H28N4OS/c1-16-6-9-19(10-7-16)25(3)14-12-23-22(28)24-18-8-11-20(17(2)15-18)26-13-4-5-21(26)27/h6-11,15H,4-5,12-14H2,1-3H3,(H2,23,24,28). The lowest BCUT2D eigenvalue weighted by molar-refractivity contribution is -0.117. The summed E-state index contributed by atoms with van der Waals surface area (Å²) in [6.07, 6.45) is 1.58. The number of hydrogen-bond donors (Lipinski definition) is 2. The Balaban J connectivity index is 1.48. The Kier molecular flexibility index (Phi) is 6.52. The van der Waals surface area contributed by atoms with Gasteiger partial charge in [-0.25, -0.2) is 0 Å². The third kappa shape index (κ3) is 5.01. The van der Waals surface area contributed by atoms with Gasteiger partial charge < -0.3 is 20.4 Å². The molecule has 1 aliphatic heterocycles. The number of anilines is 3. The molecule has 0 bridgehead atoms. The molecule has 1 amide bonds. The van der Waals surface area contributed by atoms with Crippen molar-refractivity contribution in [3.63, 3.8) is 0 Å². The molecule has 2 N–H and O–H groups in total. The lowest BCUT2D eigenvalue weighted by atomic mass is 10.1. The zero-order valence-corrected chi connectivity index (χ0v) is 17.6. The van der Waals surface area contributed by atoms with Crippen molar-refractivity contribution in [3.8, 4) is 0 Å². The van der Waals surface area contributed by atoms with Gasteiger partial charge in [0.15, 0.2) is 5.11 Å². The van der Waals surface area contributed by atoms with Crippen LogP contribution in [-0.4, -0.2) is 37.7 Å². The van der Waals surface area contributed by atoms with E-state index in [4.69, 9.17) is 12.2 Å². The van der Waals surface area contributed by atoms with Crippen molar-refractivity contribution in [3.05, 3.63) is 53.6 Å². The third-order valence-corrected chi connectivity index (χ3v) is 5.27.